The van der Waals surface area contributed by atoms with E-state index in [4.69, 9.17) is 5.26 Å². The molecule has 0 aliphatic heterocycles. The molecule has 7 heteroatoms. The van der Waals surface area contributed by atoms with Crippen molar-refractivity contribution in [3.8, 4) is 5.40 Å². The molecule has 21 heavy (non-hydrogen) atoms. The quantitative estimate of drug-likeness (QED) is 0.637. The van der Waals surface area contributed by atoms with Crippen LogP contribution in [0.25, 0.3) is 0 Å². The Balaban J connectivity index is 2.31. The predicted molar refractivity (Wildman–Crippen MR) is 87.6 cm³/mol. The van der Waals surface area contributed by atoms with E-state index in [2.05, 4.69) is 20.7 Å². The van der Waals surface area contributed by atoms with Crippen LogP contribution in [-0.4, -0.2) is 8.42 Å². The SMILES string of the molecule is Cc1cc(SC#N)ccc1NS(=O)(=O)c1cccc(Br)c1. The maximum Gasteiger partial charge on any atom is 0.261 e. The van der Waals surface area contributed by atoms with Crippen molar-refractivity contribution in [1.82, 2.24) is 0 Å². The van der Waals surface area contributed by atoms with E-state index in [1.54, 1.807) is 37.3 Å². The Labute approximate surface area is 136 Å². The van der Waals surface area contributed by atoms with Gasteiger partial charge in [0.2, 0.25) is 0 Å². The van der Waals surface area contributed by atoms with Gasteiger partial charge >= 0.3 is 0 Å². The number of nitrogens with one attached hydrogen (secondary N) is 1. The van der Waals surface area contributed by atoms with Crippen molar-refractivity contribution in [1.29, 1.82) is 5.26 Å². The third kappa shape index (κ3) is 4.00. The molecule has 4 nitrogen and oxygen atoms in total. The molecule has 0 aliphatic carbocycles. The Bertz CT molecular complexity index is 814. The van der Waals surface area contributed by atoms with E-state index in [0.29, 0.717) is 10.2 Å². The van der Waals surface area contributed by atoms with Crippen LogP contribution >= 0.6 is 27.7 Å². The minimum Gasteiger partial charge on any atom is -0.279 e. The summed E-state index contributed by atoms with van der Waals surface area (Å²) in [6.45, 7) is 1.79. The van der Waals surface area contributed by atoms with Crippen LogP contribution in [0.4, 0.5) is 5.69 Å². The van der Waals surface area contributed by atoms with E-state index in [9.17, 15) is 8.42 Å². The molecule has 0 fully saturated rings. The average molecular weight is 383 g/mol. The van der Waals surface area contributed by atoms with Crippen molar-refractivity contribution in [2.75, 3.05) is 4.72 Å². The van der Waals surface area contributed by atoms with Crippen LogP contribution in [0.5, 0.6) is 0 Å². The van der Waals surface area contributed by atoms with Gasteiger partial charge in [-0.25, -0.2) is 8.42 Å². The molecule has 0 saturated carbocycles. The summed E-state index contributed by atoms with van der Waals surface area (Å²) < 4.78 is 27.9. The maximum absolute atomic E-state index is 12.3. The maximum atomic E-state index is 12.3. The molecule has 0 saturated heterocycles. The minimum atomic E-state index is -3.64. The van der Waals surface area contributed by atoms with Crippen molar-refractivity contribution in [3.05, 3.63) is 52.5 Å². The number of hydrogen-bond acceptors (Lipinski definition) is 4. The van der Waals surface area contributed by atoms with Crippen molar-refractivity contribution in [3.63, 3.8) is 0 Å². The van der Waals surface area contributed by atoms with Crippen LogP contribution in [0, 0.1) is 17.6 Å². The summed E-state index contributed by atoms with van der Waals surface area (Å²) >= 11 is 4.29. The summed E-state index contributed by atoms with van der Waals surface area (Å²) in [5, 5.41) is 10.6. The van der Waals surface area contributed by atoms with Crippen LogP contribution in [0.1, 0.15) is 5.56 Å². The van der Waals surface area contributed by atoms with Crippen molar-refractivity contribution < 1.29 is 8.42 Å². The molecule has 0 radical (unpaired) electrons. The molecule has 1 N–H and O–H groups in total. The van der Waals surface area contributed by atoms with Gasteiger partial charge < -0.3 is 0 Å². The number of nitrogens with zero attached hydrogens (tertiary/aromatic N) is 1. The van der Waals surface area contributed by atoms with Gasteiger partial charge in [0.25, 0.3) is 10.0 Å². The van der Waals surface area contributed by atoms with E-state index >= 15 is 0 Å². The molecular formula is C14H11BrN2O2S2. The Morgan fingerprint density at radius 3 is 2.62 bits per heavy atom. The van der Waals surface area contributed by atoms with Crippen LogP contribution in [-0.2, 0) is 10.0 Å². The number of halogens is 1. The molecule has 2 rings (SSSR count). The first kappa shape index (κ1) is 15.9. The lowest BCUT2D eigenvalue weighted by molar-refractivity contribution is 0.601. The summed E-state index contributed by atoms with van der Waals surface area (Å²) in [5.74, 6) is 0. The third-order valence-electron chi connectivity index (χ3n) is 2.71. The summed E-state index contributed by atoms with van der Waals surface area (Å²) in [6.07, 6.45) is 0. The van der Waals surface area contributed by atoms with Crippen LogP contribution in [0.2, 0.25) is 0 Å². The van der Waals surface area contributed by atoms with Crippen LogP contribution in [0.15, 0.2) is 56.7 Å². The van der Waals surface area contributed by atoms with E-state index in [0.717, 1.165) is 22.2 Å². The number of aryl methyl sites for hydroxylation is 1. The van der Waals surface area contributed by atoms with Crippen LogP contribution < -0.4 is 4.72 Å². The number of thioether (sulfide) groups is 1. The Kier molecular flexibility index (Phi) is 4.93. The zero-order valence-electron chi connectivity index (χ0n) is 11.0. The standard InChI is InChI=1S/C14H11BrN2O2S2/c1-10-7-12(20-9-16)5-6-14(10)17-21(18,19)13-4-2-3-11(15)8-13/h2-8,17H,1H3. The first-order valence-corrected chi connectivity index (χ1v) is 8.96. The lowest BCUT2D eigenvalue weighted by Crippen LogP contribution is -2.13. The van der Waals surface area contributed by atoms with Gasteiger partial charge in [-0.3, -0.25) is 4.72 Å². The number of anilines is 1. The second-order valence-electron chi connectivity index (χ2n) is 4.23. The molecule has 2 aromatic rings. The molecule has 0 amide bonds. The molecule has 2 aromatic carbocycles. The topological polar surface area (TPSA) is 70.0 Å². The predicted octanol–water partition coefficient (Wildman–Crippen LogP) is 4.13. The molecule has 0 heterocycles. The fourth-order valence-corrected chi connectivity index (χ4v) is 3.91. The van der Waals surface area contributed by atoms with Crippen LogP contribution in [0.3, 0.4) is 0 Å². The smallest absolute Gasteiger partial charge is 0.261 e. The van der Waals surface area contributed by atoms with Gasteiger partial charge in [-0.15, -0.1) is 0 Å². The molecule has 0 atom stereocenters. The number of rotatable bonds is 4. The molecule has 0 aromatic heterocycles. The lowest BCUT2D eigenvalue weighted by atomic mass is 10.2. The number of benzene rings is 2. The average Bonchev–Trinajstić information content (AvgIpc) is 2.42. The monoisotopic (exact) mass is 382 g/mol. The minimum absolute atomic E-state index is 0.187. The third-order valence-corrected chi connectivity index (χ3v) is 5.15. The number of hydrogen-bond donors (Lipinski definition) is 1. The molecular weight excluding hydrogens is 372 g/mol. The summed E-state index contributed by atoms with van der Waals surface area (Å²) in [5.41, 5.74) is 1.26. The highest BCUT2D eigenvalue weighted by atomic mass is 79.9. The lowest BCUT2D eigenvalue weighted by Gasteiger charge is -2.11. The van der Waals surface area contributed by atoms with Gasteiger partial charge in [0.1, 0.15) is 5.40 Å². The first-order valence-electron chi connectivity index (χ1n) is 5.87. The first-order chi connectivity index (χ1) is 9.92. The normalized spacial score (nSPS) is 10.9. The van der Waals surface area contributed by atoms with Crippen molar-refractivity contribution >= 4 is 43.4 Å². The van der Waals surface area contributed by atoms with Gasteiger partial charge in [0, 0.05) is 9.37 Å². The molecule has 0 bridgehead atoms. The van der Waals surface area contributed by atoms with Gasteiger partial charge in [0.05, 0.1) is 10.6 Å². The van der Waals surface area contributed by atoms with E-state index in [-0.39, 0.29) is 4.90 Å². The second-order valence-corrected chi connectivity index (χ2v) is 7.69. The zero-order chi connectivity index (χ0) is 15.5. The van der Waals surface area contributed by atoms with Gasteiger partial charge in [-0.1, -0.05) is 22.0 Å². The van der Waals surface area contributed by atoms with E-state index in [1.807, 2.05) is 5.40 Å². The summed E-state index contributed by atoms with van der Waals surface area (Å²) in [6, 6.07) is 11.6. The molecule has 0 unspecified atom stereocenters. The van der Waals surface area contributed by atoms with E-state index < -0.39 is 10.0 Å². The highest BCUT2D eigenvalue weighted by Crippen LogP contribution is 2.26. The number of nitriles is 1. The van der Waals surface area contributed by atoms with Crippen molar-refractivity contribution in [2.45, 2.75) is 16.7 Å². The fraction of sp³-hybridized carbons (Fsp3) is 0.0714. The second kappa shape index (κ2) is 6.52. The number of thiocyanates is 1. The van der Waals surface area contributed by atoms with E-state index in [1.165, 1.54) is 12.1 Å². The highest BCUT2D eigenvalue weighted by Gasteiger charge is 2.15. The van der Waals surface area contributed by atoms with Gasteiger partial charge in [-0.2, -0.15) is 5.26 Å². The summed E-state index contributed by atoms with van der Waals surface area (Å²) in [4.78, 5) is 0.965. The Morgan fingerprint density at radius 1 is 1.24 bits per heavy atom. The molecule has 108 valence electrons. The fourth-order valence-electron chi connectivity index (χ4n) is 1.70. The largest absolute Gasteiger partial charge is 0.279 e. The van der Waals surface area contributed by atoms with Gasteiger partial charge in [-0.05, 0) is 60.6 Å². The molecule has 0 spiro atoms. The van der Waals surface area contributed by atoms with Gasteiger partial charge in [0.15, 0.2) is 0 Å². The summed E-state index contributed by atoms with van der Waals surface area (Å²) in [7, 11) is -3.64. The zero-order valence-corrected chi connectivity index (χ0v) is 14.2. The molecule has 0 aliphatic rings. The highest BCUT2D eigenvalue weighted by molar-refractivity contribution is 9.10. The number of sulfonamides is 1. The Morgan fingerprint density at radius 2 is 2.00 bits per heavy atom. The Hall–Kier alpha value is -1.49. The van der Waals surface area contributed by atoms with Crippen molar-refractivity contribution in [2.24, 2.45) is 0 Å².